The molecule has 1 N–H and O–H groups in total. The van der Waals surface area contributed by atoms with Crippen molar-refractivity contribution >= 4 is 29.2 Å². The van der Waals surface area contributed by atoms with Crippen LogP contribution in [0, 0.1) is 0 Å². The Bertz CT molecular complexity index is 1030. The predicted molar refractivity (Wildman–Crippen MR) is 142 cm³/mol. The smallest absolute Gasteiger partial charge is 0.338 e. The topological polar surface area (TPSA) is 88.4 Å². The number of rotatable bonds is 5. The summed E-state index contributed by atoms with van der Waals surface area (Å²) in [6.07, 6.45) is 13.0. The molecular formula is C28H37ClN2O5. The summed E-state index contributed by atoms with van der Waals surface area (Å²) in [6.45, 7) is 5.62. The van der Waals surface area contributed by atoms with Crippen LogP contribution in [0.25, 0.3) is 0 Å². The van der Waals surface area contributed by atoms with Gasteiger partial charge in [0.1, 0.15) is 5.75 Å². The van der Waals surface area contributed by atoms with E-state index in [9.17, 15) is 14.7 Å². The minimum atomic E-state index is -0.470. The van der Waals surface area contributed by atoms with Crippen LogP contribution in [0.4, 0.5) is 0 Å². The Morgan fingerprint density at radius 1 is 1.22 bits per heavy atom. The van der Waals surface area contributed by atoms with Gasteiger partial charge in [-0.15, -0.1) is 0 Å². The third-order valence-electron chi connectivity index (χ3n) is 6.39. The molecule has 0 spiro atoms. The molecule has 1 saturated heterocycles. The van der Waals surface area contributed by atoms with Crippen LogP contribution >= 0.6 is 11.6 Å². The van der Waals surface area contributed by atoms with Crippen molar-refractivity contribution in [1.29, 1.82) is 0 Å². The number of phenolic OH excluding ortho intramolecular Hbond substituents is 1. The molecule has 7 nitrogen and oxygen atoms in total. The van der Waals surface area contributed by atoms with E-state index in [-0.39, 0.29) is 36.3 Å². The lowest BCUT2D eigenvalue weighted by Gasteiger charge is -2.26. The normalized spacial score (nSPS) is 21.1. The van der Waals surface area contributed by atoms with Gasteiger partial charge in [-0.05, 0) is 75.1 Å². The predicted octanol–water partition coefficient (Wildman–Crippen LogP) is 5.77. The third-order valence-corrected chi connectivity index (χ3v) is 6.81. The number of aromatic hydroxyl groups is 1. The number of carbonyl (C=O) groups excluding carboxylic acids is 2. The molecule has 36 heavy (non-hydrogen) atoms. The summed E-state index contributed by atoms with van der Waals surface area (Å²) in [5.41, 5.74) is 3.10. The van der Waals surface area contributed by atoms with Gasteiger partial charge < -0.3 is 19.6 Å². The summed E-state index contributed by atoms with van der Waals surface area (Å²) in [4.78, 5) is 33.0. The number of oxime groups is 1. The maximum absolute atomic E-state index is 13.2. The van der Waals surface area contributed by atoms with Gasteiger partial charge in [-0.3, -0.25) is 4.79 Å². The van der Waals surface area contributed by atoms with Crippen LogP contribution in [0.15, 0.2) is 35.0 Å². The van der Waals surface area contributed by atoms with Crippen LogP contribution in [0.3, 0.4) is 0 Å². The number of carbonyl (C=O) groups is 2. The Morgan fingerprint density at radius 2 is 1.97 bits per heavy atom. The number of nitrogens with zero attached hydrogens (tertiary/aromatic N) is 2. The number of phenols is 1. The monoisotopic (exact) mass is 516 g/mol. The van der Waals surface area contributed by atoms with Crippen LogP contribution < -0.4 is 0 Å². The van der Waals surface area contributed by atoms with E-state index in [4.69, 9.17) is 21.2 Å². The highest BCUT2D eigenvalue weighted by Crippen LogP contribution is 2.35. The van der Waals surface area contributed by atoms with Crippen molar-refractivity contribution in [1.82, 2.24) is 4.90 Å². The molecule has 0 aromatic heterocycles. The molecule has 2 aliphatic heterocycles. The van der Waals surface area contributed by atoms with Gasteiger partial charge in [0.2, 0.25) is 0 Å². The van der Waals surface area contributed by atoms with Gasteiger partial charge >= 0.3 is 5.97 Å². The van der Waals surface area contributed by atoms with Gasteiger partial charge in [-0.2, -0.15) is 0 Å². The number of piperidine rings is 1. The Labute approximate surface area is 218 Å². The molecule has 0 bridgehead atoms. The summed E-state index contributed by atoms with van der Waals surface area (Å²) in [5.74, 6) is -0.644. The van der Waals surface area contributed by atoms with E-state index < -0.39 is 5.97 Å². The highest BCUT2D eigenvalue weighted by atomic mass is 35.5. The van der Waals surface area contributed by atoms with E-state index in [2.05, 4.69) is 11.2 Å². The molecule has 2 aliphatic rings. The number of amides is 1. The number of hydrogen-bond donors (Lipinski definition) is 1. The van der Waals surface area contributed by atoms with Crippen LogP contribution in [0.2, 0.25) is 5.02 Å². The first-order valence-corrected chi connectivity index (χ1v) is 13.3. The number of halogens is 1. The van der Waals surface area contributed by atoms with Crippen molar-refractivity contribution in [2.24, 2.45) is 5.16 Å². The van der Waals surface area contributed by atoms with E-state index in [0.29, 0.717) is 35.2 Å². The van der Waals surface area contributed by atoms with E-state index >= 15 is 0 Å². The molecule has 1 fully saturated rings. The minimum absolute atomic E-state index is 0.0861. The van der Waals surface area contributed by atoms with Crippen molar-refractivity contribution in [2.75, 3.05) is 26.3 Å². The zero-order chi connectivity index (χ0) is 25.9. The molecule has 196 valence electrons. The molecule has 1 amide bonds. The Balaban J connectivity index is 1.96. The number of aryl methyl sites for hydroxylation is 1. The largest absolute Gasteiger partial charge is 0.506 e. The van der Waals surface area contributed by atoms with Crippen LogP contribution in [0.1, 0.15) is 80.3 Å². The maximum Gasteiger partial charge on any atom is 0.338 e. The second-order valence-electron chi connectivity index (χ2n) is 9.37. The highest BCUT2D eigenvalue weighted by molar-refractivity contribution is 6.33. The Hall–Kier alpha value is -2.80. The first kappa shape index (κ1) is 27.8. The number of fused-ring (bicyclic) bond motifs is 1. The van der Waals surface area contributed by atoms with E-state index in [1.165, 1.54) is 0 Å². The Kier molecular flexibility index (Phi) is 10.9. The fraction of sp³-hybridized carbons (Fsp3) is 0.536. The van der Waals surface area contributed by atoms with Gasteiger partial charge in [0.15, 0.2) is 6.61 Å². The number of esters is 1. The number of likely N-dealkylation sites (tertiary alicyclic amines) is 1. The molecule has 0 saturated carbocycles. The van der Waals surface area contributed by atoms with Gasteiger partial charge in [-0.25, -0.2) is 4.79 Å². The minimum Gasteiger partial charge on any atom is -0.506 e. The molecular weight excluding hydrogens is 480 g/mol. The molecule has 8 heteroatoms. The van der Waals surface area contributed by atoms with E-state index in [0.717, 1.165) is 57.2 Å². The van der Waals surface area contributed by atoms with Crippen molar-refractivity contribution in [2.45, 2.75) is 71.6 Å². The summed E-state index contributed by atoms with van der Waals surface area (Å²) >= 11 is 6.54. The summed E-state index contributed by atoms with van der Waals surface area (Å²) in [5, 5.41) is 14.9. The number of benzene rings is 1. The van der Waals surface area contributed by atoms with E-state index in [1.807, 2.05) is 30.9 Å². The fourth-order valence-electron chi connectivity index (χ4n) is 4.54. The zero-order valence-corrected chi connectivity index (χ0v) is 22.1. The molecule has 1 aromatic carbocycles. The third kappa shape index (κ3) is 7.85. The summed E-state index contributed by atoms with van der Waals surface area (Å²) < 4.78 is 5.56. The number of allylic oxidation sites excluding steroid dienone is 3. The average Bonchev–Trinajstić information content (AvgIpc) is 2.86. The van der Waals surface area contributed by atoms with Crippen LogP contribution in [0.5, 0.6) is 5.75 Å². The average molecular weight is 517 g/mol. The second-order valence-corrected chi connectivity index (χ2v) is 9.75. The Morgan fingerprint density at radius 3 is 2.72 bits per heavy atom. The summed E-state index contributed by atoms with van der Waals surface area (Å²) in [6, 6.07) is 1.54. The summed E-state index contributed by atoms with van der Waals surface area (Å²) in [7, 11) is 0. The standard InChI is InChI=1S/C28H37ClN2O5/c1-3-11-21-17-24(32)27(29)23-18-22(30-36-19-25(33)31-13-8-6-9-14-31)16-20(2)12-7-4-5-10-15-35-28(34)26(21)23/h4-5,16-17,32H,3,6-15,18-19H2,1-2H3/b5-4+,20-16+,30-22-. The van der Waals surface area contributed by atoms with Crippen LogP contribution in [-0.2, 0) is 27.2 Å². The van der Waals surface area contributed by atoms with Crippen molar-refractivity contribution in [3.05, 3.63) is 51.6 Å². The van der Waals surface area contributed by atoms with Gasteiger partial charge in [0, 0.05) is 19.5 Å². The first-order chi connectivity index (χ1) is 17.4. The number of cyclic esters (lactones) is 1. The molecule has 0 atom stereocenters. The van der Waals surface area contributed by atoms with Gasteiger partial charge in [0.25, 0.3) is 5.91 Å². The van der Waals surface area contributed by atoms with Crippen molar-refractivity contribution < 1.29 is 24.3 Å². The molecule has 0 aliphatic carbocycles. The lowest BCUT2D eigenvalue weighted by atomic mass is 9.93. The van der Waals surface area contributed by atoms with Crippen LogP contribution in [-0.4, -0.2) is 53.9 Å². The quantitative estimate of drug-likeness (QED) is 0.305. The fourth-order valence-corrected chi connectivity index (χ4v) is 4.75. The molecule has 0 radical (unpaired) electrons. The van der Waals surface area contributed by atoms with Crippen molar-refractivity contribution in [3.63, 3.8) is 0 Å². The highest BCUT2D eigenvalue weighted by Gasteiger charge is 2.24. The number of hydrogen-bond acceptors (Lipinski definition) is 6. The first-order valence-electron chi connectivity index (χ1n) is 12.9. The lowest BCUT2D eigenvalue weighted by Crippen LogP contribution is -2.37. The second kappa shape index (κ2) is 14.1. The van der Waals surface area contributed by atoms with Crippen molar-refractivity contribution in [3.8, 4) is 5.75 Å². The molecule has 1 aromatic rings. The SMILES string of the molecule is CCCc1cc(O)c(Cl)c2c1C(=O)OCC/C=C/CC/C(C)=C/C(=N/OCC(=O)N1CCCCC1)C2. The van der Waals surface area contributed by atoms with E-state index in [1.54, 1.807) is 6.07 Å². The molecule has 3 rings (SSSR count). The number of ether oxygens (including phenoxy) is 1. The maximum atomic E-state index is 13.2. The van der Waals surface area contributed by atoms with Gasteiger partial charge in [-0.1, -0.05) is 47.8 Å². The van der Waals surface area contributed by atoms with Gasteiger partial charge in [0.05, 0.1) is 22.9 Å². The zero-order valence-electron chi connectivity index (χ0n) is 21.4. The molecule has 2 heterocycles. The molecule has 0 unspecified atom stereocenters. The lowest BCUT2D eigenvalue weighted by molar-refractivity contribution is -0.137.